The summed E-state index contributed by atoms with van der Waals surface area (Å²) in [5.41, 5.74) is 1.42. The molecule has 0 spiro atoms. The maximum absolute atomic E-state index is 12.8. The monoisotopic (exact) mass is 479 g/mol. The van der Waals surface area contributed by atoms with Crippen LogP contribution in [0.15, 0.2) is 82.6 Å². The number of benzene rings is 2. The Labute approximate surface area is 195 Å². The highest BCUT2D eigenvalue weighted by Gasteiger charge is 2.20. The predicted octanol–water partition coefficient (Wildman–Crippen LogP) is 3.17. The number of sulfonamides is 1. The number of carbonyl (C=O) groups is 1. The summed E-state index contributed by atoms with van der Waals surface area (Å²) in [6.07, 6.45) is 1.63. The zero-order valence-corrected chi connectivity index (χ0v) is 19.2. The molecule has 4 rings (SSSR count). The van der Waals surface area contributed by atoms with Crippen LogP contribution in [0.5, 0.6) is 5.75 Å². The van der Waals surface area contributed by atoms with E-state index in [-0.39, 0.29) is 34.0 Å². The number of fused-ring (bicyclic) bond motifs is 1. The van der Waals surface area contributed by atoms with Gasteiger partial charge in [0.2, 0.25) is 0 Å². The van der Waals surface area contributed by atoms with Crippen LogP contribution in [-0.2, 0) is 21.4 Å². The van der Waals surface area contributed by atoms with Crippen LogP contribution in [0.1, 0.15) is 21.6 Å². The van der Waals surface area contributed by atoms with E-state index in [2.05, 4.69) is 9.71 Å². The van der Waals surface area contributed by atoms with Crippen LogP contribution in [0.2, 0.25) is 0 Å². The number of pyridine rings is 1. The van der Waals surface area contributed by atoms with Gasteiger partial charge in [0.05, 0.1) is 29.0 Å². The van der Waals surface area contributed by atoms with Gasteiger partial charge in [-0.05, 0) is 61.0 Å². The van der Waals surface area contributed by atoms with Gasteiger partial charge in [0.15, 0.2) is 0 Å². The number of nitrogens with one attached hydrogen (secondary N) is 1. The van der Waals surface area contributed by atoms with Crippen molar-refractivity contribution in [2.45, 2.75) is 18.4 Å². The summed E-state index contributed by atoms with van der Waals surface area (Å²) >= 11 is 0. The summed E-state index contributed by atoms with van der Waals surface area (Å²) in [6, 6.07) is 16.7. The normalized spacial score (nSPS) is 11.2. The van der Waals surface area contributed by atoms with Gasteiger partial charge in [0.1, 0.15) is 18.0 Å². The van der Waals surface area contributed by atoms with Gasteiger partial charge in [-0.15, -0.1) is 0 Å². The predicted molar refractivity (Wildman–Crippen MR) is 126 cm³/mol. The van der Waals surface area contributed by atoms with Crippen molar-refractivity contribution in [2.24, 2.45) is 0 Å². The minimum Gasteiger partial charge on any atom is -0.497 e. The number of hydrogen-bond acceptors (Lipinski definition) is 7. The van der Waals surface area contributed by atoms with Gasteiger partial charge in [0.25, 0.3) is 15.6 Å². The molecule has 34 heavy (non-hydrogen) atoms. The van der Waals surface area contributed by atoms with Gasteiger partial charge in [0, 0.05) is 12.3 Å². The molecule has 10 heteroatoms. The van der Waals surface area contributed by atoms with Crippen molar-refractivity contribution in [1.82, 2.24) is 9.38 Å². The van der Waals surface area contributed by atoms with E-state index in [1.54, 1.807) is 30.5 Å². The number of para-hydroxylation sites is 1. The van der Waals surface area contributed by atoms with E-state index in [9.17, 15) is 18.0 Å². The fraction of sp³-hybridized carbons (Fsp3) is 0.125. The average Bonchev–Trinajstić information content (AvgIpc) is 2.82. The van der Waals surface area contributed by atoms with E-state index in [1.165, 1.54) is 54.0 Å². The molecule has 0 amide bonds. The summed E-state index contributed by atoms with van der Waals surface area (Å²) in [5.74, 6) is -0.251. The van der Waals surface area contributed by atoms with E-state index in [0.717, 1.165) is 5.56 Å². The van der Waals surface area contributed by atoms with Crippen molar-refractivity contribution in [2.75, 3.05) is 11.8 Å². The fourth-order valence-corrected chi connectivity index (χ4v) is 4.33. The van der Waals surface area contributed by atoms with Crippen LogP contribution in [0, 0.1) is 6.92 Å². The number of aryl methyl sites for hydroxylation is 1. The third-order valence-electron chi connectivity index (χ3n) is 4.99. The molecule has 0 saturated carbocycles. The largest absolute Gasteiger partial charge is 0.497 e. The smallest absolute Gasteiger partial charge is 0.340 e. The van der Waals surface area contributed by atoms with Crippen molar-refractivity contribution in [3.63, 3.8) is 0 Å². The first-order chi connectivity index (χ1) is 16.3. The third kappa shape index (κ3) is 4.91. The molecular formula is C24H21N3O6S. The number of hydrogen-bond donors (Lipinski definition) is 1. The fourth-order valence-electron chi connectivity index (χ4n) is 3.25. The lowest BCUT2D eigenvalue weighted by Gasteiger charge is -2.13. The molecule has 2 aromatic carbocycles. The van der Waals surface area contributed by atoms with Crippen molar-refractivity contribution in [1.29, 1.82) is 0 Å². The van der Waals surface area contributed by atoms with Crippen LogP contribution < -0.4 is 15.0 Å². The second-order valence-corrected chi connectivity index (χ2v) is 9.10. The maximum atomic E-state index is 12.8. The number of anilines is 1. The lowest BCUT2D eigenvalue weighted by molar-refractivity contribution is 0.0469. The second kappa shape index (κ2) is 9.36. The Morgan fingerprint density at radius 1 is 1.06 bits per heavy atom. The highest BCUT2D eigenvalue weighted by atomic mass is 32.2. The molecule has 9 nitrogen and oxygen atoms in total. The molecule has 0 unspecified atom stereocenters. The molecule has 2 aromatic heterocycles. The highest BCUT2D eigenvalue weighted by Crippen LogP contribution is 2.22. The number of nitrogens with zero attached hydrogens (tertiary/aromatic N) is 2. The molecule has 174 valence electrons. The van der Waals surface area contributed by atoms with Crippen LogP contribution in [0.3, 0.4) is 0 Å². The number of esters is 1. The van der Waals surface area contributed by atoms with E-state index in [0.29, 0.717) is 11.4 Å². The van der Waals surface area contributed by atoms with Crippen LogP contribution >= 0.6 is 0 Å². The molecule has 0 radical (unpaired) electrons. The van der Waals surface area contributed by atoms with Gasteiger partial charge < -0.3 is 9.47 Å². The van der Waals surface area contributed by atoms with Crippen LogP contribution in [-0.4, -0.2) is 30.9 Å². The third-order valence-corrected chi connectivity index (χ3v) is 6.37. The SMILES string of the molecule is COc1ccc(S(=O)(=O)Nc2ccccc2C(=O)OCc2cc(=O)n3ccc(C)cc3n2)cc1. The van der Waals surface area contributed by atoms with Crippen LogP contribution in [0.4, 0.5) is 5.69 Å². The van der Waals surface area contributed by atoms with Gasteiger partial charge in [-0.1, -0.05) is 12.1 Å². The molecule has 0 fully saturated rings. The lowest BCUT2D eigenvalue weighted by atomic mass is 10.2. The highest BCUT2D eigenvalue weighted by molar-refractivity contribution is 7.92. The first kappa shape index (κ1) is 23.0. The Morgan fingerprint density at radius 3 is 2.53 bits per heavy atom. The number of rotatable bonds is 7. The van der Waals surface area contributed by atoms with Crippen molar-refractivity contribution < 1.29 is 22.7 Å². The van der Waals surface area contributed by atoms with Gasteiger partial charge in [-0.2, -0.15) is 0 Å². The summed E-state index contributed by atoms with van der Waals surface area (Å²) < 4.78 is 39.8. The topological polar surface area (TPSA) is 116 Å². The lowest BCUT2D eigenvalue weighted by Crippen LogP contribution is -2.18. The molecule has 4 aromatic rings. The summed E-state index contributed by atoms with van der Waals surface area (Å²) in [6.45, 7) is 1.63. The molecule has 2 heterocycles. The maximum Gasteiger partial charge on any atom is 0.340 e. The number of methoxy groups -OCH3 is 1. The van der Waals surface area contributed by atoms with E-state index in [1.807, 2.05) is 6.92 Å². The molecule has 1 N–H and O–H groups in total. The molecule has 0 bridgehead atoms. The minimum atomic E-state index is -3.97. The molecule has 0 aliphatic heterocycles. The minimum absolute atomic E-state index is 0.00704. The van der Waals surface area contributed by atoms with Crippen molar-refractivity contribution >= 4 is 27.3 Å². The van der Waals surface area contributed by atoms with E-state index < -0.39 is 16.0 Å². The second-order valence-electron chi connectivity index (χ2n) is 7.42. The van der Waals surface area contributed by atoms with Crippen molar-refractivity contribution in [3.05, 3.63) is 100 Å². The summed E-state index contributed by atoms with van der Waals surface area (Å²) in [5, 5.41) is 0. The van der Waals surface area contributed by atoms with Gasteiger partial charge in [-0.25, -0.2) is 18.2 Å². The molecular weight excluding hydrogens is 458 g/mol. The number of aromatic nitrogens is 2. The quantitative estimate of drug-likeness (QED) is 0.405. The summed E-state index contributed by atoms with van der Waals surface area (Å²) in [7, 11) is -2.48. The molecule has 0 aliphatic rings. The van der Waals surface area contributed by atoms with E-state index >= 15 is 0 Å². The van der Waals surface area contributed by atoms with Crippen LogP contribution in [0.25, 0.3) is 5.65 Å². The number of carbonyl (C=O) groups excluding carboxylic acids is 1. The molecule has 0 saturated heterocycles. The number of ether oxygens (including phenoxy) is 2. The summed E-state index contributed by atoms with van der Waals surface area (Å²) in [4.78, 5) is 29.4. The first-order valence-electron chi connectivity index (χ1n) is 10.2. The van der Waals surface area contributed by atoms with E-state index in [4.69, 9.17) is 9.47 Å². The van der Waals surface area contributed by atoms with Gasteiger partial charge >= 0.3 is 5.97 Å². The Kier molecular flexibility index (Phi) is 6.33. The Bertz CT molecular complexity index is 1530. The van der Waals surface area contributed by atoms with Crippen molar-refractivity contribution in [3.8, 4) is 5.75 Å². The Hall–Kier alpha value is -4.18. The Morgan fingerprint density at radius 2 is 1.79 bits per heavy atom. The first-order valence-corrected chi connectivity index (χ1v) is 11.7. The zero-order valence-electron chi connectivity index (χ0n) is 18.4. The zero-order chi connectivity index (χ0) is 24.3. The molecule has 0 atom stereocenters. The average molecular weight is 480 g/mol. The Balaban J connectivity index is 1.54. The standard InChI is InChI=1S/C24H21N3O6S/c1-16-11-12-27-22(13-16)25-17(14-23(27)28)15-33-24(29)20-5-3-4-6-21(20)26-34(30,31)19-9-7-18(32-2)8-10-19/h3-14,26H,15H2,1-2H3. The van der Waals surface area contributed by atoms with Gasteiger partial charge in [-0.3, -0.25) is 13.9 Å². The molecule has 0 aliphatic carbocycles.